The lowest BCUT2D eigenvalue weighted by molar-refractivity contribution is -0.113. The highest BCUT2D eigenvalue weighted by molar-refractivity contribution is 6.06. The Morgan fingerprint density at radius 1 is 0.973 bits per heavy atom. The fourth-order valence-electron chi connectivity index (χ4n) is 4.34. The Balaban J connectivity index is 1.49. The molecule has 9 nitrogen and oxygen atoms in total. The first-order valence-corrected chi connectivity index (χ1v) is 11.8. The number of nitrogens with zero attached hydrogens (tertiary/aromatic N) is 3. The number of methoxy groups -OCH3 is 2. The van der Waals surface area contributed by atoms with Crippen molar-refractivity contribution in [3.8, 4) is 17.2 Å². The van der Waals surface area contributed by atoms with Crippen LogP contribution in [0.2, 0.25) is 0 Å². The van der Waals surface area contributed by atoms with Crippen molar-refractivity contribution < 1.29 is 19.0 Å². The maximum absolute atomic E-state index is 13.7. The van der Waals surface area contributed by atoms with Crippen molar-refractivity contribution in [2.24, 2.45) is 0 Å². The SMILES string of the molecule is COc1ccccc1NC(=O)C1=C(C)Nc2ncnn2[C@@H]1c1ccc(OCc2ccccc2)c(OC)c1. The number of amides is 1. The highest BCUT2D eigenvalue weighted by Gasteiger charge is 2.34. The van der Waals surface area contributed by atoms with Crippen LogP contribution in [0.5, 0.6) is 17.2 Å². The lowest BCUT2D eigenvalue weighted by Crippen LogP contribution is -2.31. The molecule has 1 aromatic heterocycles. The Labute approximate surface area is 214 Å². The second-order valence-corrected chi connectivity index (χ2v) is 8.43. The fraction of sp³-hybridized carbons (Fsp3) is 0.179. The first-order valence-electron chi connectivity index (χ1n) is 11.8. The summed E-state index contributed by atoms with van der Waals surface area (Å²) < 4.78 is 18.8. The van der Waals surface area contributed by atoms with Crippen LogP contribution in [0.1, 0.15) is 24.1 Å². The molecule has 0 unspecified atom stereocenters. The summed E-state index contributed by atoms with van der Waals surface area (Å²) in [5.41, 5.74) is 3.57. The number of anilines is 2. The molecule has 1 amide bonds. The van der Waals surface area contributed by atoms with Gasteiger partial charge in [-0.15, -0.1) is 0 Å². The average molecular weight is 498 g/mol. The normalized spacial score (nSPS) is 14.4. The summed E-state index contributed by atoms with van der Waals surface area (Å²) in [6, 6.07) is 22.3. The standard InChI is InChI=1S/C28H27N5O4/c1-18-25(27(34)32-21-11-7-8-12-22(21)35-2)26(33-28(31-18)29-17-30-33)20-13-14-23(24(15-20)36-3)37-16-19-9-5-4-6-10-19/h4-15,17,26H,16H2,1-3H3,(H,32,34)(H,29,30,31)/t26-/m1/s1. The minimum atomic E-state index is -0.550. The number of nitrogens with one attached hydrogen (secondary N) is 2. The van der Waals surface area contributed by atoms with Crippen molar-refractivity contribution in [2.75, 3.05) is 24.9 Å². The Morgan fingerprint density at radius 2 is 1.73 bits per heavy atom. The summed E-state index contributed by atoms with van der Waals surface area (Å²) in [5.74, 6) is 1.97. The van der Waals surface area contributed by atoms with E-state index in [4.69, 9.17) is 14.2 Å². The molecule has 3 aromatic carbocycles. The van der Waals surface area contributed by atoms with Gasteiger partial charge in [0.2, 0.25) is 5.95 Å². The summed E-state index contributed by atoms with van der Waals surface area (Å²) >= 11 is 0. The number of benzene rings is 3. The van der Waals surface area contributed by atoms with E-state index in [1.165, 1.54) is 6.33 Å². The van der Waals surface area contributed by atoms with E-state index in [1.54, 1.807) is 31.0 Å². The zero-order valence-corrected chi connectivity index (χ0v) is 20.8. The number of aromatic nitrogens is 3. The van der Waals surface area contributed by atoms with E-state index < -0.39 is 6.04 Å². The smallest absolute Gasteiger partial charge is 0.255 e. The number of allylic oxidation sites excluding steroid dienone is 1. The predicted molar refractivity (Wildman–Crippen MR) is 140 cm³/mol. The molecule has 0 fully saturated rings. The zero-order valence-electron chi connectivity index (χ0n) is 20.8. The van der Waals surface area contributed by atoms with Gasteiger partial charge in [0.15, 0.2) is 11.5 Å². The van der Waals surface area contributed by atoms with Gasteiger partial charge in [-0.25, -0.2) is 4.68 Å². The van der Waals surface area contributed by atoms with Gasteiger partial charge in [-0.3, -0.25) is 4.79 Å². The zero-order chi connectivity index (χ0) is 25.8. The fourth-order valence-corrected chi connectivity index (χ4v) is 4.34. The molecule has 0 aliphatic carbocycles. The average Bonchev–Trinajstić information content (AvgIpc) is 3.40. The van der Waals surface area contributed by atoms with Gasteiger partial charge in [-0.1, -0.05) is 48.5 Å². The number of carbonyl (C=O) groups excluding carboxylic acids is 1. The van der Waals surface area contributed by atoms with Gasteiger partial charge in [0.1, 0.15) is 24.7 Å². The monoisotopic (exact) mass is 497 g/mol. The number of hydrogen-bond donors (Lipinski definition) is 2. The van der Waals surface area contributed by atoms with Gasteiger partial charge in [0, 0.05) is 5.70 Å². The van der Waals surface area contributed by atoms with Crippen LogP contribution in [0.15, 0.2) is 90.4 Å². The largest absolute Gasteiger partial charge is 0.495 e. The quantitative estimate of drug-likeness (QED) is 0.361. The number of hydrogen-bond acceptors (Lipinski definition) is 7. The maximum Gasteiger partial charge on any atom is 0.255 e. The van der Waals surface area contributed by atoms with Crippen molar-refractivity contribution in [1.82, 2.24) is 14.8 Å². The lowest BCUT2D eigenvalue weighted by Gasteiger charge is -2.29. The molecule has 37 heavy (non-hydrogen) atoms. The molecule has 0 radical (unpaired) electrons. The number of ether oxygens (including phenoxy) is 3. The molecule has 2 N–H and O–H groups in total. The molecule has 0 bridgehead atoms. The number of para-hydroxylation sites is 2. The molecular formula is C28H27N5O4. The molecule has 0 saturated heterocycles. The number of fused-ring (bicyclic) bond motifs is 1. The molecule has 5 rings (SSSR count). The summed E-state index contributed by atoms with van der Waals surface area (Å²) in [6.45, 7) is 2.25. The Hall–Kier alpha value is -4.79. The van der Waals surface area contributed by atoms with Crippen molar-refractivity contribution in [1.29, 1.82) is 0 Å². The lowest BCUT2D eigenvalue weighted by atomic mass is 9.94. The summed E-state index contributed by atoms with van der Waals surface area (Å²) in [7, 11) is 3.16. The maximum atomic E-state index is 13.7. The molecule has 1 aliphatic heterocycles. The van der Waals surface area contributed by atoms with Crippen LogP contribution in [-0.2, 0) is 11.4 Å². The topological polar surface area (TPSA) is 99.5 Å². The summed E-state index contributed by atoms with van der Waals surface area (Å²) in [6.07, 6.45) is 1.46. The van der Waals surface area contributed by atoms with Crippen LogP contribution in [0, 0.1) is 0 Å². The van der Waals surface area contributed by atoms with Gasteiger partial charge < -0.3 is 24.8 Å². The van der Waals surface area contributed by atoms with Crippen molar-refractivity contribution >= 4 is 17.5 Å². The third kappa shape index (κ3) is 4.84. The van der Waals surface area contributed by atoms with Gasteiger partial charge in [-0.05, 0) is 42.3 Å². The van der Waals surface area contributed by atoms with E-state index in [-0.39, 0.29) is 5.91 Å². The molecule has 4 aromatic rings. The van der Waals surface area contributed by atoms with Crippen LogP contribution in [0.4, 0.5) is 11.6 Å². The van der Waals surface area contributed by atoms with E-state index in [9.17, 15) is 4.79 Å². The first kappa shape index (κ1) is 23.9. The Kier molecular flexibility index (Phi) is 6.76. The third-order valence-electron chi connectivity index (χ3n) is 6.13. The summed E-state index contributed by atoms with van der Waals surface area (Å²) in [4.78, 5) is 18.0. The highest BCUT2D eigenvalue weighted by atomic mass is 16.5. The molecule has 1 aliphatic rings. The minimum absolute atomic E-state index is 0.288. The van der Waals surface area contributed by atoms with E-state index >= 15 is 0 Å². The van der Waals surface area contributed by atoms with Crippen molar-refractivity contribution in [2.45, 2.75) is 19.6 Å². The second kappa shape index (κ2) is 10.4. The number of carbonyl (C=O) groups is 1. The second-order valence-electron chi connectivity index (χ2n) is 8.43. The third-order valence-corrected chi connectivity index (χ3v) is 6.13. The molecule has 188 valence electrons. The molecule has 0 saturated carbocycles. The van der Waals surface area contributed by atoms with Crippen LogP contribution in [0.25, 0.3) is 0 Å². The van der Waals surface area contributed by atoms with Crippen LogP contribution in [-0.4, -0.2) is 34.9 Å². The molecular weight excluding hydrogens is 470 g/mol. The minimum Gasteiger partial charge on any atom is -0.495 e. The Bertz CT molecular complexity index is 1450. The number of rotatable bonds is 8. The van der Waals surface area contributed by atoms with Gasteiger partial charge >= 0.3 is 0 Å². The van der Waals surface area contributed by atoms with Crippen LogP contribution < -0.4 is 24.8 Å². The first-order chi connectivity index (χ1) is 18.1. The van der Waals surface area contributed by atoms with Crippen LogP contribution >= 0.6 is 0 Å². The van der Waals surface area contributed by atoms with E-state index in [2.05, 4.69) is 20.7 Å². The van der Waals surface area contributed by atoms with Crippen LogP contribution in [0.3, 0.4) is 0 Å². The molecule has 2 heterocycles. The van der Waals surface area contributed by atoms with E-state index in [0.717, 1.165) is 11.1 Å². The molecule has 1 atom stereocenters. The molecule has 0 spiro atoms. The van der Waals surface area contributed by atoms with Crippen molar-refractivity contribution in [3.63, 3.8) is 0 Å². The Morgan fingerprint density at radius 3 is 2.51 bits per heavy atom. The van der Waals surface area contributed by atoms with Crippen molar-refractivity contribution in [3.05, 3.63) is 102 Å². The summed E-state index contributed by atoms with van der Waals surface area (Å²) in [5, 5.41) is 10.6. The predicted octanol–water partition coefficient (Wildman–Crippen LogP) is 4.80. The van der Waals surface area contributed by atoms with Gasteiger partial charge in [0.25, 0.3) is 5.91 Å². The molecule has 9 heteroatoms. The van der Waals surface area contributed by atoms with E-state index in [1.807, 2.05) is 67.6 Å². The highest BCUT2D eigenvalue weighted by Crippen LogP contribution is 2.39. The van der Waals surface area contributed by atoms with E-state index in [0.29, 0.717) is 46.8 Å². The van der Waals surface area contributed by atoms with Gasteiger partial charge in [-0.2, -0.15) is 10.1 Å². The van der Waals surface area contributed by atoms with Gasteiger partial charge in [0.05, 0.1) is 25.5 Å².